The number of nitrogens with zero attached hydrogens (tertiary/aromatic N) is 1. The van der Waals surface area contributed by atoms with E-state index in [9.17, 15) is 0 Å². The van der Waals surface area contributed by atoms with E-state index in [1.807, 2.05) is 0 Å². The third-order valence-electron chi connectivity index (χ3n) is 3.53. The first-order valence-electron chi connectivity index (χ1n) is 6.82. The van der Waals surface area contributed by atoms with Crippen LogP contribution < -0.4 is 5.32 Å². The van der Waals surface area contributed by atoms with E-state index >= 15 is 0 Å². The minimum atomic E-state index is 0.498. The van der Waals surface area contributed by atoms with E-state index in [0.29, 0.717) is 12.1 Å². The fraction of sp³-hybridized carbons (Fsp3) is 0.500. The van der Waals surface area contributed by atoms with Crippen molar-refractivity contribution in [2.45, 2.75) is 32.9 Å². The highest BCUT2D eigenvalue weighted by molar-refractivity contribution is 5.20. The van der Waals surface area contributed by atoms with Crippen LogP contribution in [0.25, 0.3) is 0 Å². The molecule has 0 aliphatic carbocycles. The first kappa shape index (κ1) is 13.3. The van der Waals surface area contributed by atoms with Crippen molar-refractivity contribution in [3.05, 3.63) is 47.5 Å². The molecule has 1 heterocycles. The molecule has 0 radical (unpaired) electrons. The van der Waals surface area contributed by atoms with Gasteiger partial charge in [-0.05, 0) is 26.3 Å². The molecule has 0 spiro atoms. The Kier molecular flexibility index (Phi) is 4.56. The molecule has 2 heteroatoms. The van der Waals surface area contributed by atoms with Gasteiger partial charge >= 0.3 is 0 Å². The van der Waals surface area contributed by atoms with Gasteiger partial charge in [0.05, 0.1) is 0 Å². The second kappa shape index (κ2) is 6.17. The zero-order chi connectivity index (χ0) is 13.0. The quantitative estimate of drug-likeness (QED) is 0.822. The number of allylic oxidation sites excluding steroid dienone is 1. The van der Waals surface area contributed by atoms with Crippen LogP contribution in [0.2, 0.25) is 0 Å². The highest BCUT2D eigenvalue weighted by Crippen LogP contribution is 2.23. The average Bonchev–Trinajstić information content (AvgIpc) is 2.37. The molecular formula is C16H24N2. The lowest BCUT2D eigenvalue weighted by Crippen LogP contribution is -2.51. The fourth-order valence-electron chi connectivity index (χ4n) is 2.49. The number of hydrogen-bond acceptors (Lipinski definition) is 2. The molecule has 0 bridgehead atoms. The summed E-state index contributed by atoms with van der Waals surface area (Å²) in [6.07, 6.45) is 2.33. The Morgan fingerprint density at radius 2 is 2.06 bits per heavy atom. The second-order valence-electron chi connectivity index (χ2n) is 5.47. The molecule has 0 amide bonds. The van der Waals surface area contributed by atoms with Crippen molar-refractivity contribution in [3.63, 3.8) is 0 Å². The molecule has 2 nitrogen and oxygen atoms in total. The predicted octanol–water partition coefficient (Wildman–Crippen LogP) is 2.99. The summed E-state index contributed by atoms with van der Waals surface area (Å²) < 4.78 is 0. The van der Waals surface area contributed by atoms with Crippen LogP contribution in [-0.2, 0) is 0 Å². The summed E-state index contributed by atoms with van der Waals surface area (Å²) in [6.45, 7) is 9.81. The summed E-state index contributed by atoms with van der Waals surface area (Å²) in [7, 11) is 0. The van der Waals surface area contributed by atoms with Crippen molar-refractivity contribution in [3.8, 4) is 0 Å². The van der Waals surface area contributed by atoms with Crippen molar-refractivity contribution in [1.82, 2.24) is 10.2 Å². The molecule has 2 atom stereocenters. The van der Waals surface area contributed by atoms with Crippen molar-refractivity contribution >= 4 is 0 Å². The van der Waals surface area contributed by atoms with Crippen LogP contribution in [0, 0.1) is 0 Å². The van der Waals surface area contributed by atoms with Gasteiger partial charge < -0.3 is 5.32 Å². The maximum Gasteiger partial charge on any atom is 0.0476 e. The summed E-state index contributed by atoms with van der Waals surface area (Å²) in [6, 6.07) is 11.9. The van der Waals surface area contributed by atoms with Crippen molar-refractivity contribution in [1.29, 1.82) is 0 Å². The fourth-order valence-corrected chi connectivity index (χ4v) is 2.49. The minimum absolute atomic E-state index is 0.498. The standard InChI is InChI=1S/C16H24N2/c1-13(2)9-10-18-12-14(3)17-11-16(18)15-7-5-4-6-8-15/h4-9,14,16-17H,10-12H2,1-3H3. The van der Waals surface area contributed by atoms with Gasteiger partial charge in [0.25, 0.3) is 0 Å². The van der Waals surface area contributed by atoms with Crippen LogP contribution in [-0.4, -0.2) is 30.6 Å². The Morgan fingerprint density at radius 3 is 2.72 bits per heavy atom. The molecule has 1 fully saturated rings. The van der Waals surface area contributed by atoms with E-state index in [1.165, 1.54) is 11.1 Å². The van der Waals surface area contributed by atoms with Gasteiger partial charge in [-0.3, -0.25) is 4.90 Å². The topological polar surface area (TPSA) is 15.3 Å². The highest BCUT2D eigenvalue weighted by Gasteiger charge is 2.25. The first-order chi connectivity index (χ1) is 8.66. The lowest BCUT2D eigenvalue weighted by Gasteiger charge is -2.39. The summed E-state index contributed by atoms with van der Waals surface area (Å²) in [5.74, 6) is 0. The lowest BCUT2D eigenvalue weighted by molar-refractivity contribution is 0.151. The third kappa shape index (κ3) is 3.44. The maximum atomic E-state index is 3.59. The Balaban J connectivity index is 2.13. The van der Waals surface area contributed by atoms with Gasteiger partial charge in [-0.25, -0.2) is 0 Å². The third-order valence-corrected chi connectivity index (χ3v) is 3.53. The van der Waals surface area contributed by atoms with Crippen LogP contribution >= 0.6 is 0 Å². The van der Waals surface area contributed by atoms with E-state index in [0.717, 1.165) is 19.6 Å². The van der Waals surface area contributed by atoms with E-state index in [1.54, 1.807) is 0 Å². The SMILES string of the molecule is CC(C)=CCN1CC(C)NCC1c1ccccc1. The molecule has 98 valence electrons. The molecular weight excluding hydrogens is 220 g/mol. The zero-order valence-electron chi connectivity index (χ0n) is 11.7. The molecule has 0 saturated carbocycles. The number of piperazine rings is 1. The van der Waals surface area contributed by atoms with E-state index in [2.05, 4.69) is 67.4 Å². The van der Waals surface area contributed by atoms with Crippen molar-refractivity contribution in [2.75, 3.05) is 19.6 Å². The van der Waals surface area contributed by atoms with Gasteiger partial charge in [0.2, 0.25) is 0 Å². The average molecular weight is 244 g/mol. The van der Waals surface area contributed by atoms with Crippen LogP contribution in [0.3, 0.4) is 0 Å². The molecule has 2 rings (SSSR count). The molecule has 0 aromatic heterocycles. The minimum Gasteiger partial charge on any atom is -0.311 e. The van der Waals surface area contributed by atoms with Gasteiger partial charge in [-0.15, -0.1) is 0 Å². The Bertz CT molecular complexity index is 393. The largest absolute Gasteiger partial charge is 0.311 e. The van der Waals surface area contributed by atoms with Crippen LogP contribution in [0.15, 0.2) is 42.0 Å². The molecule has 1 aromatic carbocycles. The number of hydrogen-bond donors (Lipinski definition) is 1. The maximum absolute atomic E-state index is 3.59. The van der Waals surface area contributed by atoms with E-state index < -0.39 is 0 Å². The molecule has 1 saturated heterocycles. The van der Waals surface area contributed by atoms with Crippen molar-refractivity contribution in [2.24, 2.45) is 0 Å². The second-order valence-corrected chi connectivity index (χ2v) is 5.47. The lowest BCUT2D eigenvalue weighted by atomic mass is 10.0. The number of rotatable bonds is 3. The van der Waals surface area contributed by atoms with Crippen LogP contribution in [0.5, 0.6) is 0 Å². The molecule has 2 unspecified atom stereocenters. The van der Waals surface area contributed by atoms with Gasteiger partial charge in [0, 0.05) is 31.7 Å². The molecule has 1 aromatic rings. The smallest absolute Gasteiger partial charge is 0.0476 e. The van der Waals surface area contributed by atoms with Crippen LogP contribution in [0.1, 0.15) is 32.4 Å². The van der Waals surface area contributed by atoms with Gasteiger partial charge in [-0.1, -0.05) is 42.0 Å². The normalized spacial score (nSPS) is 24.8. The molecule has 18 heavy (non-hydrogen) atoms. The van der Waals surface area contributed by atoms with Gasteiger partial charge in [0.15, 0.2) is 0 Å². The number of benzene rings is 1. The molecule has 1 N–H and O–H groups in total. The summed E-state index contributed by atoms with van der Waals surface area (Å²) in [5, 5.41) is 3.59. The van der Waals surface area contributed by atoms with Gasteiger partial charge in [-0.2, -0.15) is 0 Å². The van der Waals surface area contributed by atoms with E-state index in [4.69, 9.17) is 0 Å². The first-order valence-corrected chi connectivity index (χ1v) is 6.82. The van der Waals surface area contributed by atoms with Gasteiger partial charge in [0.1, 0.15) is 0 Å². The van der Waals surface area contributed by atoms with Crippen LogP contribution in [0.4, 0.5) is 0 Å². The Hall–Kier alpha value is -1.12. The summed E-state index contributed by atoms with van der Waals surface area (Å²) in [4.78, 5) is 2.57. The molecule has 1 aliphatic rings. The van der Waals surface area contributed by atoms with Crippen molar-refractivity contribution < 1.29 is 0 Å². The summed E-state index contributed by atoms with van der Waals surface area (Å²) >= 11 is 0. The summed E-state index contributed by atoms with van der Waals surface area (Å²) in [5.41, 5.74) is 2.81. The molecule has 1 aliphatic heterocycles. The Morgan fingerprint density at radius 1 is 1.33 bits per heavy atom. The Labute approximate surface area is 111 Å². The monoisotopic (exact) mass is 244 g/mol. The zero-order valence-corrected chi connectivity index (χ0v) is 11.7. The number of nitrogens with one attached hydrogen (secondary N) is 1. The van der Waals surface area contributed by atoms with E-state index in [-0.39, 0.29) is 0 Å². The highest BCUT2D eigenvalue weighted by atomic mass is 15.2. The predicted molar refractivity (Wildman–Crippen MR) is 77.7 cm³/mol.